The van der Waals surface area contributed by atoms with Gasteiger partial charge in [0.1, 0.15) is 0 Å². The summed E-state index contributed by atoms with van der Waals surface area (Å²) < 4.78 is 0. The Balaban J connectivity index is 2.07. The van der Waals surface area contributed by atoms with Gasteiger partial charge in [-0.05, 0) is 30.9 Å². The zero-order valence-corrected chi connectivity index (χ0v) is 10.1. The van der Waals surface area contributed by atoms with Crippen molar-refractivity contribution in [2.24, 2.45) is 5.92 Å². The number of nitrogens with one attached hydrogen (secondary N) is 1. The molecule has 1 rings (SSSR count). The van der Waals surface area contributed by atoms with E-state index in [1.807, 2.05) is 6.07 Å². The van der Waals surface area contributed by atoms with Crippen LogP contribution in [0.1, 0.15) is 25.3 Å². The van der Waals surface area contributed by atoms with Crippen LogP contribution >= 0.6 is 11.6 Å². The summed E-state index contributed by atoms with van der Waals surface area (Å²) in [5.41, 5.74) is 1.35. The van der Waals surface area contributed by atoms with Gasteiger partial charge in [0.05, 0.1) is 0 Å². The Morgan fingerprint density at radius 1 is 1.20 bits per heavy atom. The van der Waals surface area contributed by atoms with Crippen LogP contribution in [-0.4, -0.2) is 12.4 Å². The molecule has 15 heavy (non-hydrogen) atoms. The predicted octanol–water partition coefficient (Wildman–Crippen LogP) is 3.43. The Labute approximate surface area is 97.8 Å². The molecule has 0 bridgehead atoms. The van der Waals surface area contributed by atoms with Crippen LogP contribution in [0.3, 0.4) is 0 Å². The van der Waals surface area contributed by atoms with E-state index in [1.54, 1.807) is 0 Å². The molecular weight excluding hydrogens is 206 g/mol. The standard InChI is InChI=1S/C13H20ClN/c1-12(7-9-14)8-10-15-11-13-5-3-2-4-6-13/h2-6,12,15H,7-11H2,1H3. The van der Waals surface area contributed by atoms with Crippen molar-refractivity contribution in [1.82, 2.24) is 5.32 Å². The topological polar surface area (TPSA) is 12.0 Å². The lowest BCUT2D eigenvalue weighted by molar-refractivity contribution is 0.490. The third-order valence-corrected chi connectivity index (χ3v) is 2.81. The van der Waals surface area contributed by atoms with E-state index in [-0.39, 0.29) is 0 Å². The highest BCUT2D eigenvalue weighted by Crippen LogP contribution is 2.07. The van der Waals surface area contributed by atoms with E-state index in [2.05, 4.69) is 36.5 Å². The average Bonchev–Trinajstić information content (AvgIpc) is 2.26. The third-order valence-electron chi connectivity index (χ3n) is 2.59. The van der Waals surface area contributed by atoms with Crippen LogP contribution < -0.4 is 5.32 Å². The molecule has 0 aliphatic carbocycles. The van der Waals surface area contributed by atoms with Crippen molar-refractivity contribution in [3.05, 3.63) is 35.9 Å². The minimum atomic E-state index is 0.728. The zero-order valence-electron chi connectivity index (χ0n) is 9.38. The number of alkyl halides is 1. The van der Waals surface area contributed by atoms with Gasteiger partial charge in [-0.1, -0.05) is 37.3 Å². The summed E-state index contributed by atoms with van der Waals surface area (Å²) in [6.07, 6.45) is 2.33. The molecule has 1 aromatic carbocycles. The fourth-order valence-electron chi connectivity index (χ4n) is 1.51. The largest absolute Gasteiger partial charge is 0.313 e. The molecule has 0 radical (unpaired) electrons. The van der Waals surface area contributed by atoms with E-state index in [0.717, 1.165) is 31.3 Å². The summed E-state index contributed by atoms with van der Waals surface area (Å²) >= 11 is 5.68. The van der Waals surface area contributed by atoms with Crippen LogP contribution in [0.2, 0.25) is 0 Å². The Bertz CT molecular complexity index is 248. The van der Waals surface area contributed by atoms with Gasteiger partial charge in [-0.3, -0.25) is 0 Å². The number of benzene rings is 1. The fourth-order valence-corrected chi connectivity index (χ4v) is 1.88. The maximum atomic E-state index is 5.68. The molecule has 1 nitrogen and oxygen atoms in total. The molecule has 1 N–H and O–H groups in total. The lowest BCUT2D eigenvalue weighted by Crippen LogP contribution is -2.17. The normalized spacial score (nSPS) is 12.7. The van der Waals surface area contributed by atoms with Gasteiger partial charge in [0, 0.05) is 12.4 Å². The first-order valence-electron chi connectivity index (χ1n) is 5.63. The van der Waals surface area contributed by atoms with Crippen LogP contribution in [0.15, 0.2) is 30.3 Å². The van der Waals surface area contributed by atoms with Crippen LogP contribution in [0.25, 0.3) is 0 Å². The maximum Gasteiger partial charge on any atom is 0.0225 e. The molecule has 0 aromatic heterocycles. The van der Waals surface area contributed by atoms with E-state index >= 15 is 0 Å². The SMILES string of the molecule is CC(CCCl)CCNCc1ccccc1. The number of hydrogen-bond acceptors (Lipinski definition) is 1. The third kappa shape index (κ3) is 5.81. The Hall–Kier alpha value is -0.530. The fraction of sp³-hybridized carbons (Fsp3) is 0.538. The molecule has 0 amide bonds. The van der Waals surface area contributed by atoms with Gasteiger partial charge in [-0.25, -0.2) is 0 Å². The lowest BCUT2D eigenvalue weighted by atomic mass is 10.1. The molecular formula is C13H20ClN. The van der Waals surface area contributed by atoms with E-state index in [0.29, 0.717) is 0 Å². The van der Waals surface area contributed by atoms with Crippen molar-refractivity contribution in [1.29, 1.82) is 0 Å². The summed E-state index contributed by atoms with van der Waals surface area (Å²) in [6, 6.07) is 10.5. The molecule has 1 atom stereocenters. The molecule has 0 spiro atoms. The Morgan fingerprint density at radius 2 is 1.93 bits per heavy atom. The van der Waals surface area contributed by atoms with Gasteiger partial charge in [0.2, 0.25) is 0 Å². The average molecular weight is 226 g/mol. The molecule has 1 unspecified atom stereocenters. The molecule has 0 saturated heterocycles. The Morgan fingerprint density at radius 3 is 2.60 bits per heavy atom. The molecule has 0 fully saturated rings. The van der Waals surface area contributed by atoms with E-state index < -0.39 is 0 Å². The molecule has 2 heteroatoms. The van der Waals surface area contributed by atoms with Crippen molar-refractivity contribution in [2.75, 3.05) is 12.4 Å². The smallest absolute Gasteiger partial charge is 0.0225 e. The second-order valence-corrected chi connectivity index (χ2v) is 4.41. The predicted molar refractivity (Wildman–Crippen MR) is 67.3 cm³/mol. The van der Waals surface area contributed by atoms with Crippen LogP contribution in [0.4, 0.5) is 0 Å². The monoisotopic (exact) mass is 225 g/mol. The van der Waals surface area contributed by atoms with Gasteiger partial charge >= 0.3 is 0 Å². The summed E-state index contributed by atoms with van der Waals surface area (Å²) in [5.74, 6) is 1.51. The van der Waals surface area contributed by atoms with Gasteiger partial charge in [-0.15, -0.1) is 11.6 Å². The molecule has 0 heterocycles. The van der Waals surface area contributed by atoms with Crippen molar-refractivity contribution in [3.63, 3.8) is 0 Å². The molecule has 84 valence electrons. The minimum absolute atomic E-state index is 0.728. The first-order chi connectivity index (χ1) is 7.33. The second-order valence-electron chi connectivity index (χ2n) is 4.03. The lowest BCUT2D eigenvalue weighted by Gasteiger charge is -2.10. The molecule has 0 aliphatic heterocycles. The first kappa shape index (κ1) is 12.5. The highest BCUT2D eigenvalue weighted by molar-refractivity contribution is 6.17. The first-order valence-corrected chi connectivity index (χ1v) is 6.17. The van der Waals surface area contributed by atoms with Crippen molar-refractivity contribution in [2.45, 2.75) is 26.3 Å². The maximum absolute atomic E-state index is 5.68. The van der Waals surface area contributed by atoms with Crippen LogP contribution in [0.5, 0.6) is 0 Å². The summed E-state index contributed by atoms with van der Waals surface area (Å²) in [4.78, 5) is 0. The molecule has 0 aliphatic rings. The van der Waals surface area contributed by atoms with E-state index in [9.17, 15) is 0 Å². The number of rotatable bonds is 7. The van der Waals surface area contributed by atoms with Gasteiger partial charge in [-0.2, -0.15) is 0 Å². The summed E-state index contributed by atoms with van der Waals surface area (Å²) in [6.45, 7) is 4.30. The summed E-state index contributed by atoms with van der Waals surface area (Å²) in [5, 5.41) is 3.45. The zero-order chi connectivity index (χ0) is 10.9. The van der Waals surface area contributed by atoms with Gasteiger partial charge in [0.25, 0.3) is 0 Å². The van der Waals surface area contributed by atoms with Crippen molar-refractivity contribution in [3.8, 4) is 0 Å². The highest BCUT2D eigenvalue weighted by atomic mass is 35.5. The molecule has 0 saturated carbocycles. The van der Waals surface area contributed by atoms with E-state index in [4.69, 9.17) is 11.6 Å². The Kier molecular flexibility index (Phi) is 6.45. The quantitative estimate of drug-likeness (QED) is 0.554. The number of hydrogen-bond donors (Lipinski definition) is 1. The van der Waals surface area contributed by atoms with Gasteiger partial charge < -0.3 is 5.32 Å². The minimum Gasteiger partial charge on any atom is -0.313 e. The van der Waals surface area contributed by atoms with Crippen molar-refractivity contribution < 1.29 is 0 Å². The highest BCUT2D eigenvalue weighted by Gasteiger charge is 2.00. The second kappa shape index (κ2) is 7.72. The van der Waals surface area contributed by atoms with E-state index in [1.165, 1.54) is 12.0 Å². The van der Waals surface area contributed by atoms with Gasteiger partial charge in [0.15, 0.2) is 0 Å². The molecule has 1 aromatic rings. The van der Waals surface area contributed by atoms with Crippen LogP contribution in [0, 0.1) is 5.92 Å². The van der Waals surface area contributed by atoms with Crippen LogP contribution in [-0.2, 0) is 6.54 Å². The number of halogens is 1. The van der Waals surface area contributed by atoms with Crippen molar-refractivity contribution >= 4 is 11.6 Å². The summed E-state index contributed by atoms with van der Waals surface area (Å²) in [7, 11) is 0.